The molecule has 7 heteroatoms. The molecule has 0 spiro atoms. The molecule has 25 heavy (non-hydrogen) atoms. The zero-order chi connectivity index (χ0) is 18.0. The van der Waals surface area contributed by atoms with Crippen LogP contribution >= 0.6 is 0 Å². The van der Waals surface area contributed by atoms with Crippen LogP contribution in [0.1, 0.15) is 45.4 Å². The van der Waals surface area contributed by atoms with E-state index in [1.54, 1.807) is 4.90 Å². The highest BCUT2D eigenvalue weighted by atomic mass is 16.6. The van der Waals surface area contributed by atoms with Gasteiger partial charge in [0.25, 0.3) is 0 Å². The van der Waals surface area contributed by atoms with Crippen LogP contribution in [0.2, 0.25) is 0 Å². The summed E-state index contributed by atoms with van der Waals surface area (Å²) in [5.74, 6) is 1.34. The first-order valence-electron chi connectivity index (χ1n) is 8.49. The Kier molecular flexibility index (Phi) is 4.65. The van der Waals surface area contributed by atoms with Crippen LogP contribution in [0.25, 0.3) is 11.4 Å². The van der Waals surface area contributed by atoms with E-state index in [0.29, 0.717) is 30.5 Å². The van der Waals surface area contributed by atoms with Crippen molar-refractivity contribution in [3.8, 4) is 11.4 Å². The van der Waals surface area contributed by atoms with E-state index < -0.39 is 5.60 Å². The summed E-state index contributed by atoms with van der Waals surface area (Å²) in [6, 6.07) is 7.36. The second kappa shape index (κ2) is 6.74. The number of aromatic nitrogens is 2. The van der Waals surface area contributed by atoms with Gasteiger partial charge in [0.2, 0.25) is 11.7 Å². The molecule has 0 atom stereocenters. The Balaban J connectivity index is 1.60. The minimum atomic E-state index is -0.478. The summed E-state index contributed by atoms with van der Waals surface area (Å²) in [6.07, 6.45) is 1.30. The smallest absolute Gasteiger partial charge is 0.410 e. The van der Waals surface area contributed by atoms with E-state index in [4.69, 9.17) is 15.0 Å². The first kappa shape index (κ1) is 17.3. The summed E-state index contributed by atoms with van der Waals surface area (Å²) in [6.45, 7) is 6.86. The predicted octanol–water partition coefficient (Wildman–Crippen LogP) is 3.43. The number of nitrogens with zero attached hydrogens (tertiary/aromatic N) is 3. The molecule has 2 aromatic rings. The number of amides is 1. The first-order valence-corrected chi connectivity index (χ1v) is 8.49. The first-order chi connectivity index (χ1) is 11.8. The van der Waals surface area contributed by atoms with Gasteiger partial charge in [0.1, 0.15) is 5.60 Å². The minimum absolute atomic E-state index is 0.161. The predicted molar refractivity (Wildman–Crippen MR) is 93.9 cm³/mol. The van der Waals surface area contributed by atoms with Crippen molar-refractivity contribution < 1.29 is 14.1 Å². The summed E-state index contributed by atoms with van der Waals surface area (Å²) in [4.78, 5) is 18.4. The maximum absolute atomic E-state index is 12.1. The topological polar surface area (TPSA) is 94.5 Å². The molecule has 1 fully saturated rings. The van der Waals surface area contributed by atoms with Gasteiger partial charge >= 0.3 is 6.09 Å². The van der Waals surface area contributed by atoms with Crippen molar-refractivity contribution in [3.05, 3.63) is 30.2 Å². The van der Waals surface area contributed by atoms with Gasteiger partial charge in [-0.25, -0.2) is 4.79 Å². The molecule has 1 aliphatic heterocycles. The lowest BCUT2D eigenvalue weighted by Crippen LogP contribution is -2.41. The molecule has 1 aromatic carbocycles. The van der Waals surface area contributed by atoms with Crippen LogP contribution < -0.4 is 5.73 Å². The maximum Gasteiger partial charge on any atom is 0.410 e. The molecule has 1 amide bonds. The minimum Gasteiger partial charge on any atom is -0.444 e. The van der Waals surface area contributed by atoms with Crippen molar-refractivity contribution in [2.75, 3.05) is 18.8 Å². The summed E-state index contributed by atoms with van der Waals surface area (Å²) < 4.78 is 10.9. The van der Waals surface area contributed by atoms with Crippen LogP contribution in [-0.4, -0.2) is 39.8 Å². The lowest BCUT2D eigenvalue weighted by molar-refractivity contribution is 0.0198. The quantitative estimate of drug-likeness (QED) is 0.839. The van der Waals surface area contributed by atoms with Gasteiger partial charge in [0.05, 0.1) is 0 Å². The molecule has 1 saturated heterocycles. The van der Waals surface area contributed by atoms with Crippen LogP contribution in [0.15, 0.2) is 28.8 Å². The van der Waals surface area contributed by atoms with E-state index in [9.17, 15) is 4.79 Å². The molecule has 3 rings (SSSR count). The van der Waals surface area contributed by atoms with Crippen LogP contribution in [0.3, 0.4) is 0 Å². The van der Waals surface area contributed by atoms with E-state index >= 15 is 0 Å². The molecule has 0 radical (unpaired) electrons. The fourth-order valence-corrected chi connectivity index (χ4v) is 2.79. The highest BCUT2D eigenvalue weighted by Gasteiger charge is 2.30. The van der Waals surface area contributed by atoms with Crippen molar-refractivity contribution in [3.63, 3.8) is 0 Å². The average Bonchev–Trinajstić information content (AvgIpc) is 3.04. The van der Waals surface area contributed by atoms with Crippen molar-refractivity contribution in [2.45, 2.75) is 45.1 Å². The highest BCUT2D eigenvalue weighted by molar-refractivity contribution is 5.68. The fraction of sp³-hybridized carbons (Fsp3) is 0.500. The number of hydrogen-bond donors (Lipinski definition) is 1. The van der Waals surface area contributed by atoms with Gasteiger partial charge in [-0.1, -0.05) is 5.16 Å². The largest absolute Gasteiger partial charge is 0.444 e. The number of piperidine rings is 1. The molecule has 1 aliphatic rings. The third-order valence-electron chi connectivity index (χ3n) is 4.11. The van der Waals surface area contributed by atoms with E-state index in [1.165, 1.54) is 0 Å². The molecule has 0 unspecified atom stereocenters. The van der Waals surface area contributed by atoms with E-state index in [-0.39, 0.29) is 12.0 Å². The summed E-state index contributed by atoms with van der Waals surface area (Å²) >= 11 is 0. The molecule has 134 valence electrons. The monoisotopic (exact) mass is 344 g/mol. The molecular weight excluding hydrogens is 320 g/mol. The zero-order valence-corrected chi connectivity index (χ0v) is 14.9. The van der Waals surface area contributed by atoms with E-state index in [0.717, 1.165) is 18.4 Å². The Bertz CT molecular complexity index is 726. The van der Waals surface area contributed by atoms with Gasteiger partial charge in [0, 0.05) is 30.3 Å². The van der Waals surface area contributed by atoms with Crippen LogP contribution in [0.5, 0.6) is 0 Å². The second-order valence-electron chi connectivity index (χ2n) is 7.32. The Hall–Kier alpha value is -2.57. The fourth-order valence-electron chi connectivity index (χ4n) is 2.79. The van der Waals surface area contributed by atoms with Gasteiger partial charge < -0.3 is 19.9 Å². The standard InChI is InChI=1S/C18H24N4O3/c1-18(2,3)24-17(23)22-10-8-13(9-11-22)16-20-15(21-25-16)12-4-6-14(19)7-5-12/h4-7,13H,8-11,19H2,1-3H3. The molecular formula is C18H24N4O3. The number of benzene rings is 1. The van der Waals surface area contributed by atoms with Crippen molar-refractivity contribution in [2.24, 2.45) is 0 Å². The van der Waals surface area contributed by atoms with Crippen molar-refractivity contribution in [1.29, 1.82) is 0 Å². The number of rotatable bonds is 2. The molecule has 0 bridgehead atoms. The normalized spacial score (nSPS) is 16.0. The number of nitrogens with two attached hydrogens (primary N) is 1. The highest BCUT2D eigenvalue weighted by Crippen LogP contribution is 2.29. The van der Waals surface area contributed by atoms with Crippen molar-refractivity contribution in [1.82, 2.24) is 15.0 Å². The Morgan fingerprint density at radius 2 is 1.88 bits per heavy atom. The van der Waals surface area contributed by atoms with Crippen LogP contribution in [0.4, 0.5) is 10.5 Å². The van der Waals surface area contributed by atoms with E-state index in [1.807, 2.05) is 45.0 Å². The molecule has 2 N–H and O–H groups in total. The molecule has 0 saturated carbocycles. The lowest BCUT2D eigenvalue weighted by atomic mass is 9.97. The third kappa shape index (κ3) is 4.29. The Labute approximate surface area is 147 Å². The van der Waals surface area contributed by atoms with Gasteiger partial charge in [0.15, 0.2) is 0 Å². The number of anilines is 1. The number of carbonyl (C=O) groups is 1. The van der Waals surface area contributed by atoms with Crippen LogP contribution in [-0.2, 0) is 4.74 Å². The molecule has 2 heterocycles. The number of ether oxygens (including phenoxy) is 1. The third-order valence-corrected chi connectivity index (χ3v) is 4.11. The average molecular weight is 344 g/mol. The summed E-state index contributed by atoms with van der Waals surface area (Å²) in [5, 5.41) is 4.06. The van der Waals surface area contributed by atoms with Gasteiger partial charge in [-0.2, -0.15) is 4.98 Å². The second-order valence-corrected chi connectivity index (χ2v) is 7.32. The van der Waals surface area contributed by atoms with Crippen molar-refractivity contribution >= 4 is 11.8 Å². The Morgan fingerprint density at radius 3 is 2.48 bits per heavy atom. The number of hydrogen-bond acceptors (Lipinski definition) is 6. The molecule has 1 aromatic heterocycles. The van der Waals surface area contributed by atoms with Gasteiger partial charge in [-0.15, -0.1) is 0 Å². The molecule has 7 nitrogen and oxygen atoms in total. The van der Waals surface area contributed by atoms with Gasteiger partial charge in [-0.3, -0.25) is 0 Å². The number of nitrogen functional groups attached to an aromatic ring is 1. The summed E-state index contributed by atoms with van der Waals surface area (Å²) in [5.41, 5.74) is 6.79. The molecule has 0 aliphatic carbocycles. The van der Waals surface area contributed by atoms with E-state index in [2.05, 4.69) is 10.1 Å². The number of carbonyl (C=O) groups excluding carboxylic acids is 1. The SMILES string of the molecule is CC(C)(C)OC(=O)N1CCC(c2nc(-c3ccc(N)cc3)no2)CC1. The van der Waals surface area contributed by atoms with Crippen LogP contribution in [0, 0.1) is 0 Å². The Morgan fingerprint density at radius 1 is 1.24 bits per heavy atom. The maximum atomic E-state index is 12.1. The summed E-state index contributed by atoms with van der Waals surface area (Å²) in [7, 11) is 0. The number of likely N-dealkylation sites (tertiary alicyclic amines) is 1. The lowest BCUT2D eigenvalue weighted by Gasteiger charge is -2.32. The van der Waals surface area contributed by atoms with Gasteiger partial charge in [-0.05, 0) is 57.9 Å². The zero-order valence-electron chi connectivity index (χ0n) is 14.9.